The summed E-state index contributed by atoms with van der Waals surface area (Å²) in [6, 6.07) is 9.48. The molecule has 0 spiro atoms. The summed E-state index contributed by atoms with van der Waals surface area (Å²) >= 11 is 0. The molecule has 0 saturated carbocycles. The van der Waals surface area contributed by atoms with Crippen molar-refractivity contribution < 1.29 is 13.5 Å². The average molecular weight is 290 g/mol. The molecule has 0 atom stereocenters. The van der Waals surface area contributed by atoms with Gasteiger partial charge in [0.1, 0.15) is 23.1 Å². The summed E-state index contributed by atoms with van der Waals surface area (Å²) in [5.74, 6) is 0.356. The molecule has 0 aliphatic heterocycles. The van der Waals surface area contributed by atoms with Crippen molar-refractivity contribution in [2.75, 3.05) is 0 Å². The first kappa shape index (κ1) is 15.5. The smallest absolute Gasteiger partial charge is 0.130 e. The zero-order valence-corrected chi connectivity index (χ0v) is 12.8. The number of benzene rings is 2. The van der Waals surface area contributed by atoms with Gasteiger partial charge in [0, 0.05) is 12.1 Å². The van der Waals surface area contributed by atoms with E-state index in [1.807, 2.05) is 27.7 Å². The standard InChI is InChI=1S/C18H20F2O/c1-11(2)15-7-5-13(9-17(15)19)21-14-6-8-16(12(3)4)18(20)10-14/h5-12H,1-4H3. The van der Waals surface area contributed by atoms with E-state index in [4.69, 9.17) is 4.74 Å². The maximum absolute atomic E-state index is 13.9. The third-order valence-corrected chi connectivity index (χ3v) is 3.42. The van der Waals surface area contributed by atoms with Gasteiger partial charge in [-0.3, -0.25) is 0 Å². The van der Waals surface area contributed by atoms with Crippen molar-refractivity contribution in [1.29, 1.82) is 0 Å². The summed E-state index contributed by atoms with van der Waals surface area (Å²) in [7, 11) is 0. The van der Waals surface area contributed by atoms with Crippen molar-refractivity contribution in [3.05, 3.63) is 59.2 Å². The number of ether oxygens (including phenoxy) is 1. The lowest BCUT2D eigenvalue weighted by Gasteiger charge is -2.12. The van der Waals surface area contributed by atoms with Crippen LogP contribution in [0.4, 0.5) is 8.78 Å². The van der Waals surface area contributed by atoms with E-state index in [1.54, 1.807) is 24.3 Å². The number of rotatable bonds is 4. The van der Waals surface area contributed by atoms with Gasteiger partial charge in [-0.25, -0.2) is 8.78 Å². The molecule has 3 heteroatoms. The topological polar surface area (TPSA) is 9.23 Å². The highest BCUT2D eigenvalue weighted by Crippen LogP contribution is 2.29. The predicted molar refractivity (Wildman–Crippen MR) is 81.1 cm³/mol. The van der Waals surface area contributed by atoms with Gasteiger partial charge in [-0.2, -0.15) is 0 Å². The van der Waals surface area contributed by atoms with Crippen LogP contribution in [-0.4, -0.2) is 0 Å². The zero-order chi connectivity index (χ0) is 15.6. The van der Waals surface area contributed by atoms with Crippen LogP contribution >= 0.6 is 0 Å². The Morgan fingerprint density at radius 3 is 1.38 bits per heavy atom. The monoisotopic (exact) mass is 290 g/mol. The molecule has 0 amide bonds. The molecular formula is C18H20F2O. The van der Waals surface area contributed by atoms with E-state index in [0.29, 0.717) is 22.6 Å². The van der Waals surface area contributed by atoms with Crippen LogP contribution in [0.1, 0.15) is 50.7 Å². The Kier molecular flexibility index (Phi) is 4.61. The van der Waals surface area contributed by atoms with Gasteiger partial charge in [-0.15, -0.1) is 0 Å². The van der Waals surface area contributed by atoms with Crippen molar-refractivity contribution in [2.24, 2.45) is 0 Å². The van der Waals surface area contributed by atoms with Crippen LogP contribution < -0.4 is 4.74 Å². The summed E-state index contributed by atoms with van der Waals surface area (Å²) in [6.07, 6.45) is 0. The van der Waals surface area contributed by atoms with Crippen molar-refractivity contribution in [2.45, 2.75) is 39.5 Å². The minimum Gasteiger partial charge on any atom is -0.457 e. The molecule has 112 valence electrons. The highest BCUT2D eigenvalue weighted by Gasteiger charge is 2.10. The summed E-state index contributed by atoms with van der Waals surface area (Å²) in [5, 5.41) is 0. The first-order chi connectivity index (χ1) is 9.88. The van der Waals surface area contributed by atoms with Crippen LogP contribution in [0.25, 0.3) is 0 Å². The third-order valence-electron chi connectivity index (χ3n) is 3.42. The van der Waals surface area contributed by atoms with Gasteiger partial charge in [-0.1, -0.05) is 39.8 Å². The van der Waals surface area contributed by atoms with Crippen molar-refractivity contribution >= 4 is 0 Å². The van der Waals surface area contributed by atoms with Gasteiger partial charge in [-0.05, 0) is 35.1 Å². The quantitative estimate of drug-likeness (QED) is 0.670. The molecule has 0 heterocycles. The molecule has 0 saturated heterocycles. The van der Waals surface area contributed by atoms with Gasteiger partial charge in [0.25, 0.3) is 0 Å². The van der Waals surface area contributed by atoms with Gasteiger partial charge >= 0.3 is 0 Å². The lowest BCUT2D eigenvalue weighted by atomic mass is 10.0. The summed E-state index contributed by atoms with van der Waals surface area (Å²) in [5.41, 5.74) is 1.28. The van der Waals surface area contributed by atoms with E-state index < -0.39 is 0 Å². The molecule has 0 N–H and O–H groups in total. The highest BCUT2D eigenvalue weighted by molar-refractivity contribution is 5.37. The average Bonchev–Trinajstić information content (AvgIpc) is 2.37. The molecule has 0 bridgehead atoms. The van der Waals surface area contributed by atoms with E-state index in [-0.39, 0.29) is 23.5 Å². The van der Waals surface area contributed by atoms with Crippen LogP contribution in [0.3, 0.4) is 0 Å². The maximum Gasteiger partial charge on any atom is 0.130 e. The van der Waals surface area contributed by atoms with Crippen LogP contribution in [0.5, 0.6) is 11.5 Å². The predicted octanol–water partition coefficient (Wildman–Crippen LogP) is 6.00. The van der Waals surface area contributed by atoms with Crippen molar-refractivity contribution in [3.8, 4) is 11.5 Å². The van der Waals surface area contributed by atoms with Crippen LogP contribution in [0.2, 0.25) is 0 Å². The molecule has 1 nitrogen and oxygen atoms in total. The van der Waals surface area contributed by atoms with Crippen LogP contribution in [0, 0.1) is 11.6 Å². The Morgan fingerprint density at radius 2 is 1.10 bits per heavy atom. The normalized spacial score (nSPS) is 11.2. The largest absolute Gasteiger partial charge is 0.457 e. The number of hydrogen-bond acceptors (Lipinski definition) is 1. The fourth-order valence-corrected chi connectivity index (χ4v) is 2.22. The molecule has 0 aromatic heterocycles. The zero-order valence-electron chi connectivity index (χ0n) is 12.8. The lowest BCUT2D eigenvalue weighted by Crippen LogP contribution is -1.96. The fourth-order valence-electron chi connectivity index (χ4n) is 2.22. The number of hydrogen-bond donors (Lipinski definition) is 0. The maximum atomic E-state index is 13.9. The molecule has 0 radical (unpaired) electrons. The Labute approximate surface area is 124 Å². The van der Waals surface area contributed by atoms with E-state index in [1.165, 1.54) is 12.1 Å². The fraction of sp³-hybridized carbons (Fsp3) is 0.333. The summed E-state index contributed by atoms with van der Waals surface area (Å²) < 4.78 is 33.3. The molecule has 0 unspecified atom stereocenters. The first-order valence-electron chi connectivity index (χ1n) is 7.15. The van der Waals surface area contributed by atoms with Gasteiger partial charge in [0.15, 0.2) is 0 Å². The Balaban J connectivity index is 2.22. The van der Waals surface area contributed by atoms with Crippen molar-refractivity contribution in [3.63, 3.8) is 0 Å². The molecule has 2 aromatic rings. The second-order valence-electron chi connectivity index (χ2n) is 5.78. The highest BCUT2D eigenvalue weighted by atomic mass is 19.1. The van der Waals surface area contributed by atoms with Crippen molar-refractivity contribution in [1.82, 2.24) is 0 Å². The molecule has 0 fully saturated rings. The Hall–Kier alpha value is -1.90. The summed E-state index contributed by atoms with van der Waals surface area (Å²) in [6.45, 7) is 7.72. The SMILES string of the molecule is CC(C)c1ccc(Oc2ccc(C(C)C)c(F)c2)cc1F. The van der Waals surface area contributed by atoms with E-state index in [2.05, 4.69) is 0 Å². The minimum atomic E-state index is -0.304. The van der Waals surface area contributed by atoms with Gasteiger partial charge in [0.05, 0.1) is 0 Å². The van der Waals surface area contributed by atoms with E-state index in [9.17, 15) is 8.78 Å². The molecular weight excluding hydrogens is 270 g/mol. The second-order valence-corrected chi connectivity index (χ2v) is 5.78. The molecule has 0 aliphatic rings. The lowest BCUT2D eigenvalue weighted by molar-refractivity contribution is 0.468. The van der Waals surface area contributed by atoms with Gasteiger partial charge in [0.2, 0.25) is 0 Å². The third kappa shape index (κ3) is 3.60. The second kappa shape index (κ2) is 6.25. The van der Waals surface area contributed by atoms with E-state index >= 15 is 0 Å². The Bertz CT molecular complexity index is 578. The molecule has 21 heavy (non-hydrogen) atoms. The molecule has 0 aliphatic carbocycles. The first-order valence-corrected chi connectivity index (χ1v) is 7.15. The van der Waals surface area contributed by atoms with Crippen LogP contribution in [0.15, 0.2) is 36.4 Å². The Morgan fingerprint density at radius 1 is 0.714 bits per heavy atom. The molecule has 2 aromatic carbocycles. The molecule has 2 rings (SSSR count). The summed E-state index contributed by atoms with van der Waals surface area (Å²) in [4.78, 5) is 0. The van der Waals surface area contributed by atoms with Crippen LogP contribution in [-0.2, 0) is 0 Å². The van der Waals surface area contributed by atoms with Gasteiger partial charge < -0.3 is 4.74 Å². The van der Waals surface area contributed by atoms with E-state index in [0.717, 1.165) is 0 Å². The number of halogens is 2. The minimum absolute atomic E-state index is 0.113.